The first kappa shape index (κ1) is 12.9. The number of hydrogen-bond donors (Lipinski definition) is 1. The lowest BCUT2D eigenvalue weighted by Crippen LogP contribution is -2.18. The normalized spacial score (nSPS) is 12.2. The molecule has 18 heavy (non-hydrogen) atoms. The van der Waals surface area contributed by atoms with Gasteiger partial charge in [-0.3, -0.25) is 0 Å². The van der Waals surface area contributed by atoms with Crippen LogP contribution in [0.1, 0.15) is 17.2 Å². The molecule has 0 bridgehead atoms. The van der Waals surface area contributed by atoms with Gasteiger partial charge in [0.15, 0.2) is 0 Å². The Morgan fingerprint density at radius 3 is 2.61 bits per heavy atom. The summed E-state index contributed by atoms with van der Waals surface area (Å²) in [7, 11) is 0. The maximum atomic E-state index is 6.16. The first-order valence-electron chi connectivity index (χ1n) is 5.88. The summed E-state index contributed by atoms with van der Waals surface area (Å²) >= 11 is 6.16. The van der Waals surface area contributed by atoms with E-state index in [2.05, 4.69) is 0 Å². The van der Waals surface area contributed by atoms with Gasteiger partial charge < -0.3 is 10.5 Å². The second-order valence-corrected chi connectivity index (χ2v) is 4.59. The van der Waals surface area contributed by atoms with E-state index in [9.17, 15) is 0 Å². The van der Waals surface area contributed by atoms with Crippen molar-refractivity contribution in [3.05, 3.63) is 64.7 Å². The third kappa shape index (κ3) is 3.03. The molecule has 2 N–H and O–H groups in total. The number of aryl methyl sites for hydroxylation is 1. The smallest absolute Gasteiger partial charge is 0.137 e. The van der Waals surface area contributed by atoms with Gasteiger partial charge in [-0.2, -0.15) is 0 Å². The van der Waals surface area contributed by atoms with E-state index in [1.54, 1.807) is 0 Å². The SMILES string of the molecule is Cc1cccc(OC(CN)c2ccccc2Cl)c1. The molecule has 0 saturated heterocycles. The number of ether oxygens (including phenoxy) is 1. The molecule has 0 aliphatic heterocycles. The molecule has 2 nitrogen and oxygen atoms in total. The van der Waals surface area contributed by atoms with Gasteiger partial charge in [-0.25, -0.2) is 0 Å². The lowest BCUT2D eigenvalue weighted by Gasteiger charge is -2.19. The van der Waals surface area contributed by atoms with E-state index in [1.165, 1.54) is 0 Å². The fourth-order valence-corrected chi connectivity index (χ4v) is 2.09. The summed E-state index contributed by atoms with van der Waals surface area (Å²) in [6.07, 6.45) is -0.222. The first-order chi connectivity index (χ1) is 8.70. The highest BCUT2D eigenvalue weighted by Crippen LogP contribution is 2.27. The molecule has 0 aromatic heterocycles. The molecule has 0 fully saturated rings. The van der Waals surface area contributed by atoms with Gasteiger partial charge in [-0.05, 0) is 30.7 Å². The van der Waals surface area contributed by atoms with Crippen molar-refractivity contribution in [2.75, 3.05) is 6.54 Å². The number of nitrogens with two attached hydrogens (primary N) is 1. The molecule has 3 heteroatoms. The zero-order valence-corrected chi connectivity index (χ0v) is 11.0. The first-order valence-corrected chi connectivity index (χ1v) is 6.26. The molecule has 0 aliphatic rings. The van der Waals surface area contributed by atoms with Crippen LogP contribution in [0, 0.1) is 6.92 Å². The Bertz CT molecular complexity index is 527. The zero-order chi connectivity index (χ0) is 13.0. The van der Waals surface area contributed by atoms with Crippen LogP contribution in [0.25, 0.3) is 0 Å². The molecule has 1 atom stereocenters. The van der Waals surface area contributed by atoms with E-state index in [0.29, 0.717) is 11.6 Å². The summed E-state index contributed by atoms with van der Waals surface area (Å²) < 4.78 is 5.90. The topological polar surface area (TPSA) is 35.2 Å². The minimum atomic E-state index is -0.222. The van der Waals surface area contributed by atoms with E-state index >= 15 is 0 Å². The Kier molecular flexibility index (Phi) is 4.24. The predicted molar refractivity (Wildman–Crippen MR) is 75.1 cm³/mol. The lowest BCUT2D eigenvalue weighted by molar-refractivity contribution is 0.214. The van der Waals surface area contributed by atoms with Crippen LogP contribution in [0.3, 0.4) is 0 Å². The maximum Gasteiger partial charge on any atom is 0.137 e. The fraction of sp³-hybridized carbons (Fsp3) is 0.200. The van der Waals surface area contributed by atoms with Gasteiger partial charge in [0.1, 0.15) is 11.9 Å². The second kappa shape index (κ2) is 5.89. The number of halogens is 1. The van der Waals surface area contributed by atoms with Crippen LogP contribution in [-0.4, -0.2) is 6.54 Å². The summed E-state index contributed by atoms with van der Waals surface area (Å²) in [6, 6.07) is 15.5. The molecule has 94 valence electrons. The molecule has 2 aromatic carbocycles. The highest BCUT2D eigenvalue weighted by molar-refractivity contribution is 6.31. The van der Waals surface area contributed by atoms with Crippen molar-refractivity contribution in [1.82, 2.24) is 0 Å². The Labute approximate surface area is 112 Å². The molecular weight excluding hydrogens is 246 g/mol. The van der Waals surface area contributed by atoms with Gasteiger partial charge in [0.25, 0.3) is 0 Å². The van der Waals surface area contributed by atoms with Gasteiger partial charge >= 0.3 is 0 Å². The van der Waals surface area contributed by atoms with Crippen LogP contribution in [-0.2, 0) is 0 Å². The Morgan fingerprint density at radius 1 is 1.17 bits per heavy atom. The van der Waals surface area contributed by atoms with Crippen molar-refractivity contribution in [3.63, 3.8) is 0 Å². The average molecular weight is 262 g/mol. The van der Waals surface area contributed by atoms with Crippen LogP contribution in [0.15, 0.2) is 48.5 Å². The summed E-state index contributed by atoms with van der Waals surface area (Å²) in [5, 5.41) is 0.681. The molecule has 0 aliphatic carbocycles. The minimum absolute atomic E-state index is 0.222. The number of hydrogen-bond acceptors (Lipinski definition) is 2. The molecule has 0 heterocycles. The van der Waals surface area contributed by atoms with E-state index < -0.39 is 0 Å². The van der Waals surface area contributed by atoms with E-state index in [4.69, 9.17) is 22.1 Å². The van der Waals surface area contributed by atoms with E-state index in [1.807, 2.05) is 55.5 Å². The second-order valence-electron chi connectivity index (χ2n) is 4.18. The number of benzene rings is 2. The minimum Gasteiger partial charge on any atom is -0.484 e. The van der Waals surface area contributed by atoms with E-state index in [0.717, 1.165) is 16.9 Å². The van der Waals surface area contributed by atoms with E-state index in [-0.39, 0.29) is 6.10 Å². The van der Waals surface area contributed by atoms with Gasteiger partial charge in [-0.1, -0.05) is 41.9 Å². The van der Waals surface area contributed by atoms with Crippen molar-refractivity contribution in [3.8, 4) is 5.75 Å². The van der Waals surface area contributed by atoms with Crippen molar-refractivity contribution in [2.24, 2.45) is 5.73 Å². The van der Waals surface area contributed by atoms with Crippen LogP contribution < -0.4 is 10.5 Å². The largest absolute Gasteiger partial charge is 0.484 e. The van der Waals surface area contributed by atoms with Crippen LogP contribution >= 0.6 is 11.6 Å². The highest BCUT2D eigenvalue weighted by atomic mass is 35.5. The Balaban J connectivity index is 2.23. The highest BCUT2D eigenvalue weighted by Gasteiger charge is 2.14. The van der Waals surface area contributed by atoms with Crippen molar-refractivity contribution in [2.45, 2.75) is 13.0 Å². The molecule has 2 rings (SSSR count). The quantitative estimate of drug-likeness (QED) is 0.910. The number of rotatable bonds is 4. The molecule has 1 unspecified atom stereocenters. The molecule has 0 amide bonds. The Morgan fingerprint density at radius 2 is 1.94 bits per heavy atom. The van der Waals surface area contributed by atoms with Gasteiger partial charge in [0.2, 0.25) is 0 Å². The third-order valence-corrected chi connectivity index (χ3v) is 3.08. The van der Waals surface area contributed by atoms with Crippen molar-refractivity contribution < 1.29 is 4.74 Å². The monoisotopic (exact) mass is 261 g/mol. The predicted octanol–water partition coefficient (Wildman–Crippen LogP) is 3.73. The maximum absolute atomic E-state index is 6.16. The molecular formula is C15H16ClNO. The van der Waals surface area contributed by atoms with Gasteiger partial charge in [0, 0.05) is 17.1 Å². The third-order valence-electron chi connectivity index (χ3n) is 2.73. The zero-order valence-electron chi connectivity index (χ0n) is 10.3. The fourth-order valence-electron chi connectivity index (χ4n) is 1.83. The molecule has 2 aromatic rings. The van der Waals surface area contributed by atoms with Crippen LogP contribution in [0.2, 0.25) is 5.02 Å². The average Bonchev–Trinajstić information content (AvgIpc) is 2.37. The molecule has 0 spiro atoms. The summed E-state index contributed by atoms with van der Waals surface area (Å²) in [4.78, 5) is 0. The van der Waals surface area contributed by atoms with Crippen molar-refractivity contribution in [1.29, 1.82) is 0 Å². The van der Waals surface area contributed by atoms with Crippen LogP contribution in [0.4, 0.5) is 0 Å². The van der Waals surface area contributed by atoms with Crippen molar-refractivity contribution >= 4 is 11.6 Å². The Hall–Kier alpha value is -1.51. The lowest BCUT2D eigenvalue weighted by atomic mass is 10.1. The van der Waals surface area contributed by atoms with Gasteiger partial charge in [-0.15, -0.1) is 0 Å². The summed E-state index contributed by atoms with van der Waals surface area (Å²) in [5.74, 6) is 0.811. The van der Waals surface area contributed by atoms with Crippen LogP contribution in [0.5, 0.6) is 5.75 Å². The van der Waals surface area contributed by atoms with Gasteiger partial charge in [0.05, 0.1) is 0 Å². The summed E-state index contributed by atoms with van der Waals surface area (Å²) in [5.41, 5.74) is 7.85. The molecule has 0 saturated carbocycles. The summed E-state index contributed by atoms with van der Waals surface area (Å²) in [6.45, 7) is 2.41. The standard InChI is InChI=1S/C15H16ClNO/c1-11-5-4-6-12(9-11)18-15(10-17)13-7-2-3-8-14(13)16/h2-9,15H,10,17H2,1H3. The molecule has 0 radical (unpaired) electrons.